The first-order valence-electron chi connectivity index (χ1n) is 11.8. The molecule has 0 aliphatic carbocycles. The van der Waals surface area contributed by atoms with Crippen molar-refractivity contribution in [2.24, 2.45) is 0 Å². The minimum absolute atomic E-state index is 0.262. The molecule has 1 saturated heterocycles. The maximum atomic E-state index is 13.1. The van der Waals surface area contributed by atoms with E-state index in [1.165, 1.54) is 37.1 Å². The lowest BCUT2D eigenvalue weighted by Gasteiger charge is -2.18. The van der Waals surface area contributed by atoms with Crippen molar-refractivity contribution in [3.63, 3.8) is 0 Å². The van der Waals surface area contributed by atoms with Gasteiger partial charge in [0.15, 0.2) is 0 Å². The lowest BCUT2D eigenvalue weighted by atomic mass is 10.2. The highest BCUT2D eigenvalue weighted by atomic mass is 19.1. The average Bonchev–Trinajstić information content (AvgIpc) is 3.42. The van der Waals surface area contributed by atoms with E-state index >= 15 is 0 Å². The van der Waals surface area contributed by atoms with Crippen LogP contribution in [-0.2, 0) is 0 Å². The topological polar surface area (TPSA) is 79.4 Å². The van der Waals surface area contributed by atoms with E-state index in [1.807, 2.05) is 37.3 Å². The van der Waals surface area contributed by atoms with Crippen LogP contribution in [0.5, 0.6) is 11.5 Å². The number of hydrogen-bond acceptors (Lipinski definition) is 6. The van der Waals surface area contributed by atoms with Crippen LogP contribution in [0.15, 0.2) is 78.9 Å². The van der Waals surface area contributed by atoms with Crippen molar-refractivity contribution in [2.75, 3.05) is 28.6 Å². The molecule has 0 atom stereocenters. The Bertz CT molecular complexity index is 1350. The number of hydrogen-bond donors (Lipinski definition) is 2. The van der Waals surface area contributed by atoms with Gasteiger partial charge in [0.25, 0.3) is 5.91 Å². The van der Waals surface area contributed by atoms with Gasteiger partial charge in [-0.05, 0) is 86.5 Å². The Morgan fingerprint density at radius 2 is 1.61 bits per heavy atom. The third kappa shape index (κ3) is 5.78. The molecule has 7 nitrogen and oxygen atoms in total. The van der Waals surface area contributed by atoms with Crippen LogP contribution in [0, 0.1) is 12.7 Å². The van der Waals surface area contributed by atoms with Gasteiger partial charge < -0.3 is 20.3 Å². The van der Waals surface area contributed by atoms with E-state index < -0.39 is 0 Å². The highest BCUT2D eigenvalue weighted by molar-refractivity contribution is 6.04. The molecular weight excluding hydrogens is 457 g/mol. The molecule has 5 rings (SSSR count). The van der Waals surface area contributed by atoms with Crippen molar-refractivity contribution in [2.45, 2.75) is 19.8 Å². The van der Waals surface area contributed by atoms with Gasteiger partial charge in [-0.3, -0.25) is 4.79 Å². The Labute approximate surface area is 209 Å². The van der Waals surface area contributed by atoms with Crippen LogP contribution in [-0.4, -0.2) is 29.0 Å². The molecule has 1 aromatic heterocycles. The van der Waals surface area contributed by atoms with Gasteiger partial charge >= 0.3 is 0 Å². The third-order valence-electron chi connectivity index (χ3n) is 5.82. The minimum atomic E-state index is -0.337. The Balaban J connectivity index is 1.22. The van der Waals surface area contributed by atoms with Crippen LogP contribution in [0.2, 0.25) is 0 Å². The largest absolute Gasteiger partial charge is 0.457 e. The molecule has 0 saturated carbocycles. The Hall–Kier alpha value is -4.46. The van der Waals surface area contributed by atoms with E-state index in [1.54, 1.807) is 24.3 Å². The molecular formula is C28H26FN5O2. The fourth-order valence-electron chi connectivity index (χ4n) is 4.05. The summed E-state index contributed by atoms with van der Waals surface area (Å²) in [4.78, 5) is 24.1. The number of halogens is 1. The second kappa shape index (κ2) is 10.4. The van der Waals surface area contributed by atoms with Gasteiger partial charge in [0.2, 0.25) is 0 Å². The number of carbonyl (C=O) groups is 1. The van der Waals surface area contributed by atoms with Crippen LogP contribution in [0.1, 0.15) is 29.0 Å². The van der Waals surface area contributed by atoms with Crippen LogP contribution in [0.3, 0.4) is 0 Å². The van der Waals surface area contributed by atoms with E-state index in [0.29, 0.717) is 22.7 Å². The number of nitrogens with zero attached hydrogens (tertiary/aromatic N) is 3. The summed E-state index contributed by atoms with van der Waals surface area (Å²) in [5.74, 6) is 2.77. The van der Waals surface area contributed by atoms with Crippen molar-refractivity contribution in [3.05, 3.63) is 96.1 Å². The molecule has 2 N–H and O–H groups in total. The quantitative estimate of drug-likeness (QED) is 0.321. The lowest BCUT2D eigenvalue weighted by molar-refractivity contribution is 0.102. The first-order valence-corrected chi connectivity index (χ1v) is 11.8. The molecule has 1 amide bonds. The maximum absolute atomic E-state index is 13.1. The normalized spacial score (nSPS) is 12.9. The number of aryl methyl sites for hydroxylation is 1. The molecule has 8 heteroatoms. The van der Waals surface area contributed by atoms with Gasteiger partial charge in [-0.2, -0.15) is 0 Å². The zero-order valence-corrected chi connectivity index (χ0v) is 19.9. The van der Waals surface area contributed by atoms with Gasteiger partial charge in [0, 0.05) is 36.1 Å². The van der Waals surface area contributed by atoms with Gasteiger partial charge in [-0.1, -0.05) is 6.07 Å². The summed E-state index contributed by atoms with van der Waals surface area (Å²) in [6.45, 7) is 3.93. The van der Waals surface area contributed by atoms with Crippen molar-refractivity contribution in [1.82, 2.24) is 9.97 Å². The average molecular weight is 484 g/mol. The van der Waals surface area contributed by atoms with E-state index in [2.05, 4.69) is 25.5 Å². The van der Waals surface area contributed by atoms with E-state index in [4.69, 9.17) is 4.74 Å². The number of amides is 1. The summed E-state index contributed by atoms with van der Waals surface area (Å²) >= 11 is 0. The molecule has 36 heavy (non-hydrogen) atoms. The van der Waals surface area contributed by atoms with Crippen LogP contribution < -0.4 is 20.3 Å². The van der Waals surface area contributed by atoms with Crippen molar-refractivity contribution < 1.29 is 13.9 Å². The second-order valence-electron chi connectivity index (χ2n) is 8.59. The third-order valence-corrected chi connectivity index (χ3v) is 5.82. The number of aromatic nitrogens is 2. The highest BCUT2D eigenvalue weighted by Crippen LogP contribution is 2.25. The van der Waals surface area contributed by atoms with E-state index in [0.717, 1.165) is 36.2 Å². The molecule has 182 valence electrons. The molecule has 1 fully saturated rings. The first-order chi connectivity index (χ1) is 17.5. The van der Waals surface area contributed by atoms with Crippen LogP contribution in [0.4, 0.5) is 27.4 Å². The van der Waals surface area contributed by atoms with Gasteiger partial charge in [-0.15, -0.1) is 0 Å². The SMILES string of the molecule is Cc1nc(Nc2ccc(NC(=O)c3cccc(Oc4ccc(F)cc4)c3)cc2)cc(N2CCCC2)n1. The zero-order valence-electron chi connectivity index (χ0n) is 19.9. The second-order valence-corrected chi connectivity index (χ2v) is 8.59. The Kier molecular flexibility index (Phi) is 6.75. The van der Waals surface area contributed by atoms with Gasteiger partial charge in [0.05, 0.1) is 0 Å². The molecule has 0 radical (unpaired) electrons. The number of benzene rings is 3. The summed E-state index contributed by atoms with van der Waals surface area (Å²) in [5.41, 5.74) is 1.96. The number of ether oxygens (including phenoxy) is 1. The number of nitrogens with one attached hydrogen (secondary N) is 2. The fourth-order valence-corrected chi connectivity index (χ4v) is 4.05. The van der Waals surface area contributed by atoms with Crippen LogP contribution >= 0.6 is 0 Å². The van der Waals surface area contributed by atoms with Gasteiger partial charge in [-0.25, -0.2) is 14.4 Å². The first kappa shape index (κ1) is 23.3. The van der Waals surface area contributed by atoms with Crippen LogP contribution in [0.25, 0.3) is 0 Å². The zero-order chi connectivity index (χ0) is 24.9. The molecule has 0 unspecified atom stereocenters. The molecule has 1 aliphatic heterocycles. The molecule has 2 heterocycles. The monoisotopic (exact) mass is 483 g/mol. The molecule has 0 spiro atoms. The number of anilines is 4. The predicted molar refractivity (Wildman–Crippen MR) is 139 cm³/mol. The number of carbonyl (C=O) groups excluding carboxylic acids is 1. The minimum Gasteiger partial charge on any atom is -0.457 e. The molecule has 4 aromatic rings. The predicted octanol–water partition coefficient (Wildman–Crippen LogP) is 6.31. The summed E-state index contributed by atoms with van der Waals surface area (Å²) in [6.07, 6.45) is 2.37. The summed E-state index contributed by atoms with van der Waals surface area (Å²) < 4.78 is 18.8. The summed E-state index contributed by atoms with van der Waals surface area (Å²) in [6, 6.07) is 21.9. The Morgan fingerprint density at radius 1 is 0.889 bits per heavy atom. The van der Waals surface area contributed by atoms with Crippen molar-refractivity contribution in [1.29, 1.82) is 0 Å². The molecule has 1 aliphatic rings. The standard InChI is InChI=1S/C28H26FN5O2/c1-19-30-26(18-27(31-19)34-15-2-3-16-34)32-22-9-11-23(12-10-22)33-28(35)20-5-4-6-25(17-20)36-24-13-7-21(29)8-14-24/h4-14,17-18H,2-3,15-16H2,1H3,(H,33,35)(H,30,31,32). The van der Waals surface area contributed by atoms with Crippen molar-refractivity contribution >= 4 is 28.9 Å². The fraction of sp³-hybridized carbons (Fsp3) is 0.179. The molecule has 3 aromatic carbocycles. The Morgan fingerprint density at radius 3 is 2.36 bits per heavy atom. The summed E-state index contributed by atoms with van der Waals surface area (Å²) in [5, 5.41) is 6.22. The lowest BCUT2D eigenvalue weighted by Crippen LogP contribution is -2.19. The smallest absolute Gasteiger partial charge is 0.255 e. The van der Waals surface area contributed by atoms with E-state index in [9.17, 15) is 9.18 Å². The van der Waals surface area contributed by atoms with Crippen molar-refractivity contribution in [3.8, 4) is 11.5 Å². The highest BCUT2D eigenvalue weighted by Gasteiger charge is 2.15. The van der Waals surface area contributed by atoms with E-state index in [-0.39, 0.29) is 11.7 Å². The number of rotatable bonds is 7. The summed E-state index contributed by atoms with van der Waals surface area (Å²) in [7, 11) is 0. The maximum Gasteiger partial charge on any atom is 0.255 e. The molecule has 0 bridgehead atoms. The van der Waals surface area contributed by atoms with Gasteiger partial charge in [0.1, 0.15) is 34.8 Å².